The highest BCUT2D eigenvalue weighted by Gasteiger charge is 2.17. The van der Waals surface area contributed by atoms with E-state index in [9.17, 15) is 9.59 Å². The molecule has 7 nitrogen and oxygen atoms in total. The van der Waals surface area contributed by atoms with Gasteiger partial charge in [0.1, 0.15) is 0 Å². The molecule has 0 aliphatic rings. The van der Waals surface area contributed by atoms with Crippen molar-refractivity contribution in [3.05, 3.63) is 121 Å². The van der Waals surface area contributed by atoms with Crippen LogP contribution in [0.25, 0.3) is 22.3 Å². The second kappa shape index (κ2) is 11.3. The Balaban J connectivity index is 1.50. The lowest BCUT2D eigenvalue weighted by atomic mass is 10.2. The van der Waals surface area contributed by atoms with Gasteiger partial charge in [0, 0.05) is 15.6 Å². The first-order valence-electron chi connectivity index (χ1n) is 11.5. The smallest absolute Gasteiger partial charge is 0.345 e. The number of carbonyl (C=O) groups is 1. The largest absolute Gasteiger partial charge is 0.493 e. The van der Waals surface area contributed by atoms with Gasteiger partial charge in [-0.25, -0.2) is 9.78 Å². The fourth-order valence-corrected chi connectivity index (χ4v) is 4.41. The van der Waals surface area contributed by atoms with Crippen molar-refractivity contribution in [1.29, 1.82) is 0 Å². The Labute approximate surface area is 237 Å². The summed E-state index contributed by atoms with van der Waals surface area (Å²) in [5.74, 6) is 0.137. The molecule has 0 aliphatic carbocycles. The zero-order valence-corrected chi connectivity index (χ0v) is 22.5. The average molecular weight is 579 g/mol. The molecule has 0 N–H and O–H groups in total. The number of aromatic nitrogens is 2. The Morgan fingerprint density at radius 3 is 2.38 bits per heavy atom. The number of rotatable bonds is 6. The lowest BCUT2D eigenvalue weighted by Gasteiger charge is -2.11. The number of para-hydroxylation sites is 1. The van der Waals surface area contributed by atoms with E-state index >= 15 is 0 Å². The molecule has 0 aliphatic heterocycles. The van der Waals surface area contributed by atoms with Crippen LogP contribution < -0.4 is 15.0 Å². The SMILES string of the molecule is COc1cc(C=Nn2c(-c3ccc(Cl)cc3)nc3ccccc3c2=O)ccc1OC(=O)c1ccc(Cl)cc1Cl. The molecule has 4 aromatic carbocycles. The summed E-state index contributed by atoms with van der Waals surface area (Å²) in [6.07, 6.45) is 1.49. The number of hydrogen-bond acceptors (Lipinski definition) is 6. The van der Waals surface area contributed by atoms with Crippen molar-refractivity contribution in [3.8, 4) is 22.9 Å². The Morgan fingerprint density at radius 1 is 0.897 bits per heavy atom. The first-order valence-corrected chi connectivity index (χ1v) is 12.6. The molecule has 0 bridgehead atoms. The summed E-state index contributed by atoms with van der Waals surface area (Å²) in [4.78, 5) is 30.7. The molecule has 5 rings (SSSR count). The van der Waals surface area contributed by atoms with Gasteiger partial charge in [-0.05, 0) is 78.4 Å². The van der Waals surface area contributed by atoms with Gasteiger partial charge in [-0.15, -0.1) is 0 Å². The Morgan fingerprint density at radius 2 is 1.64 bits per heavy atom. The summed E-state index contributed by atoms with van der Waals surface area (Å²) in [6.45, 7) is 0. The minimum atomic E-state index is -0.669. The molecule has 0 radical (unpaired) electrons. The third-order valence-electron chi connectivity index (χ3n) is 5.72. The molecule has 39 heavy (non-hydrogen) atoms. The van der Waals surface area contributed by atoms with Gasteiger partial charge >= 0.3 is 5.97 Å². The van der Waals surface area contributed by atoms with Crippen LogP contribution in [0.15, 0.2) is 94.8 Å². The lowest BCUT2D eigenvalue weighted by molar-refractivity contribution is 0.0730. The van der Waals surface area contributed by atoms with E-state index in [1.807, 2.05) is 6.07 Å². The maximum atomic E-state index is 13.4. The molecular formula is C29H18Cl3N3O4. The van der Waals surface area contributed by atoms with Crippen LogP contribution in [0.3, 0.4) is 0 Å². The molecule has 10 heteroatoms. The molecule has 0 saturated carbocycles. The average Bonchev–Trinajstić information content (AvgIpc) is 2.93. The third-order valence-corrected chi connectivity index (χ3v) is 6.52. The monoisotopic (exact) mass is 577 g/mol. The van der Waals surface area contributed by atoms with Crippen LogP contribution in [0, 0.1) is 0 Å². The summed E-state index contributed by atoms with van der Waals surface area (Å²) in [7, 11) is 1.44. The summed E-state index contributed by atoms with van der Waals surface area (Å²) in [5.41, 5.74) is 1.62. The molecule has 0 atom stereocenters. The Kier molecular flexibility index (Phi) is 7.65. The van der Waals surface area contributed by atoms with Crippen LogP contribution in [0.2, 0.25) is 15.1 Å². The zero-order valence-electron chi connectivity index (χ0n) is 20.3. The summed E-state index contributed by atoms with van der Waals surface area (Å²) in [5, 5.41) is 6.00. The van der Waals surface area contributed by atoms with Crippen molar-refractivity contribution in [2.45, 2.75) is 0 Å². The molecule has 0 spiro atoms. The molecule has 1 heterocycles. The highest BCUT2D eigenvalue weighted by Crippen LogP contribution is 2.30. The van der Waals surface area contributed by atoms with E-state index in [0.29, 0.717) is 37.9 Å². The number of carbonyl (C=O) groups excluding carboxylic acids is 1. The number of hydrogen-bond donors (Lipinski definition) is 0. The van der Waals surface area contributed by atoms with E-state index in [0.717, 1.165) is 0 Å². The van der Waals surface area contributed by atoms with Crippen LogP contribution in [-0.2, 0) is 0 Å². The molecule has 0 saturated heterocycles. The summed E-state index contributed by atoms with van der Waals surface area (Å²) >= 11 is 18.1. The Hall–Kier alpha value is -4.17. The van der Waals surface area contributed by atoms with E-state index in [2.05, 4.69) is 10.1 Å². The van der Waals surface area contributed by atoms with Gasteiger partial charge in [0.25, 0.3) is 5.56 Å². The van der Waals surface area contributed by atoms with Gasteiger partial charge in [0.15, 0.2) is 17.3 Å². The maximum Gasteiger partial charge on any atom is 0.345 e. The van der Waals surface area contributed by atoms with Crippen LogP contribution in [0.1, 0.15) is 15.9 Å². The third kappa shape index (κ3) is 5.66. The normalized spacial score (nSPS) is 11.2. The van der Waals surface area contributed by atoms with Crippen LogP contribution in [0.4, 0.5) is 0 Å². The number of ether oxygens (including phenoxy) is 2. The van der Waals surface area contributed by atoms with E-state index in [1.54, 1.807) is 66.7 Å². The van der Waals surface area contributed by atoms with Crippen molar-refractivity contribution in [2.75, 3.05) is 7.11 Å². The van der Waals surface area contributed by atoms with E-state index < -0.39 is 5.97 Å². The topological polar surface area (TPSA) is 82.8 Å². The van der Waals surface area contributed by atoms with E-state index in [-0.39, 0.29) is 27.6 Å². The van der Waals surface area contributed by atoms with Gasteiger partial charge in [0.05, 0.1) is 34.8 Å². The number of methoxy groups -OCH3 is 1. The number of nitrogens with zero attached hydrogens (tertiary/aromatic N) is 3. The maximum absolute atomic E-state index is 13.4. The van der Waals surface area contributed by atoms with Crippen molar-refractivity contribution in [1.82, 2.24) is 9.66 Å². The van der Waals surface area contributed by atoms with Crippen LogP contribution >= 0.6 is 34.8 Å². The minimum absolute atomic E-state index is 0.159. The van der Waals surface area contributed by atoms with Crippen LogP contribution in [0.5, 0.6) is 11.5 Å². The number of esters is 1. The Bertz CT molecular complexity index is 1800. The molecular weight excluding hydrogens is 561 g/mol. The van der Waals surface area contributed by atoms with Gasteiger partial charge in [0.2, 0.25) is 0 Å². The second-order valence-corrected chi connectivity index (χ2v) is 9.53. The van der Waals surface area contributed by atoms with Crippen molar-refractivity contribution >= 4 is 57.9 Å². The highest BCUT2D eigenvalue weighted by molar-refractivity contribution is 6.36. The molecule has 5 aromatic rings. The predicted octanol–water partition coefficient (Wildman–Crippen LogP) is 7.13. The van der Waals surface area contributed by atoms with Gasteiger partial charge in [-0.3, -0.25) is 4.79 Å². The molecule has 0 unspecified atom stereocenters. The number of benzene rings is 4. The first kappa shape index (κ1) is 26.4. The molecule has 0 fully saturated rings. The van der Waals surface area contributed by atoms with Gasteiger partial charge < -0.3 is 9.47 Å². The van der Waals surface area contributed by atoms with Gasteiger partial charge in [-0.2, -0.15) is 9.78 Å². The summed E-state index contributed by atoms with van der Waals surface area (Å²) in [6, 6.07) is 23.3. The summed E-state index contributed by atoms with van der Waals surface area (Å²) < 4.78 is 12.2. The van der Waals surface area contributed by atoms with Crippen molar-refractivity contribution in [3.63, 3.8) is 0 Å². The standard InChI is InChI=1S/C29H18Cl3N3O4/c1-38-26-14-17(6-13-25(26)39-29(37)21-12-11-20(31)15-23(21)32)16-33-35-27(18-7-9-19(30)10-8-18)34-24-5-3-2-4-22(24)28(35)36/h2-16H,1H3. The molecule has 1 aromatic heterocycles. The van der Waals surface area contributed by atoms with Crippen molar-refractivity contribution in [2.24, 2.45) is 5.10 Å². The fraction of sp³-hybridized carbons (Fsp3) is 0.0345. The molecule has 0 amide bonds. The molecule has 194 valence electrons. The van der Waals surface area contributed by atoms with E-state index in [1.165, 1.54) is 30.1 Å². The number of halogens is 3. The fourth-order valence-electron chi connectivity index (χ4n) is 3.80. The quantitative estimate of drug-likeness (QED) is 0.122. The number of fused-ring (bicyclic) bond motifs is 1. The predicted molar refractivity (Wildman–Crippen MR) is 154 cm³/mol. The van der Waals surface area contributed by atoms with Crippen molar-refractivity contribution < 1.29 is 14.3 Å². The minimum Gasteiger partial charge on any atom is -0.493 e. The second-order valence-electron chi connectivity index (χ2n) is 8.24. The first-order chi connectivity index (χ1) is 18.8. The van der Waals surface area contributed by atoms with Gasteiger partial charge in [-0.1, -0.05) is 46.9 Å². The lowest BCUT2D eigenvalue weighted by Crippen LogP contribution is -2.20. The van der Waals surface area contributed by atoms with E-state index in [4.69, 9.17) is 44.3 Å². The highest BCUT2D eigenvalue weighted by atomic mass is 35.5. The van der Waals surface area contributed by atoms with Crippen LogP contribution in [-0.4, -0.2) is 29.0 Å². The zero-order chi connectivity index (χ0) is 27.5.